The summed E-state index contributed by atoms with van der Waals surface area (Å²) in [5.74, 6) is -2.80. The SMILES string of the molecule is CCCNC(=O)[C@H](Cc1ccccc1)NC(=O)[C@H](CC(=O)O)NC(=O)[C@@H]1CCCN(C(=O)CCC2CCNCC2)C1. The van der Waals surface area contributed by atoms with Gasteiger partial charge in [-0.2, -0.15) is 0 Å². The van der Waals surface area contributed by atoms with E-state index in [-0.39, 0.29) is 24.8 Å². The second kappa shape index (κ2) is 16.7. The van der Waals surface area contributed by atoms with Crippen LogP contribution in [0.5, 0.6) is 0 Å². The Morgan fingerprint density at radius 3 is 2.41 bits per heavy atom. The number of rotatable bonds is 14. The van der Waals surface area contributed by atoms with Crippen LogP contribution in [0.15, 0.2) is 30.3 Å². The summed E-state index contributed by atoms with van der Waals surface area (Å²) in [5.41, 5.74) is 0.829. The summed E-state index contributed by atoms with van der Waals surface area (Å²) in [6, 6.07) is 6.89. The van der Waals surface area contributed by atoms with Crippen LogP contribution in [0.3, 0.4) is 0 Å². The lowest BCUT2D eigenvalue weighted by Crippen LogP contribution is -2.56. The number of carboxylic acid groups (broad SMARTS) is 1. The highest BCUT2D eigenvalue weighted by Gasteiger charge is 2.33. The summed E-state index contributed by atoms with van der Waals surface area (Å²) in [4.78, 5) is 65.5. The smallest absolute Gasteiger partial charge is 0.305 e. The van der Waals surface area contributed by atoms with Gasteiger partial charge in [-0.1, -0.05) is 37.3 Å². The molecule has 11 heteroatoms. The van der Waals surface area contributed by atoms with E-state index in [4.69, 9.17) is 0 Å². The number of carbonyl (C=O) groups excluding carboxylic acids is 4. The van der Waals surface area contributed by atoms with E-state index < -0.39 is 42.2 Å². The molecule has 2 heterocycles. The number of likely N-dealkylation sites (tertiary alicyclic amines) is 1. The zero-order chi connectivity index (χ0) is 29.6. The molecule has 5 N–H and O–H groups in total. The van der Waals surface area contributed by atoms with Gasteiger partial charge in [0.05, 0.1) is 12.3 Å². The first-order chi connectivity index (χ1) is 19.8. The number of nitrogens with one attached hydrogen (secondary N) is 4. The summed E-state index contributed by atoms with van der Waals surface area (Å²) in [5, 5.41) is 20.8. The molecule has 0 aromatic heterocycles. The minimum absolute atomic E-state index is 0.0303. The van der Waals surface area contributed by atoms with Crippen molar-refractivity contribution in [2.24, 2.45) is 11.8 Å². The topological polar surface area (TPSA) is 157 Å². The molecule has 0 radical (unpaired) electrons. The van der Waals surface area contributed by atoms with Crippen LogP contribution in [0.25, 0.3) is 0 Å². The molecule has 3 atom stereocenters. The first kappa shape index (κ1) is 32.0. The fourth-order valence-electron chi connectivity index (χ4n) is 5.45. The molecule has 41 heavy (non-hydrogen) atoms. The Balaban J connectivity index is 1.60. The van der Waals surface area contributed by atoms with Gasteiger partial charge in [-0.05, 0) is 63.1 Å². The highest BCUT2D eigenvalue weighted by atomic mass is 16.4. The second-order valence-electron chi connectivity index (χ2n) is 11.1. The fraction of sp³-hybridized carbons (Fsp3) is 0.633. The summed E-state index contributed by atoms with van der Waals surface area (Å²) in [6.07, 6.45) is 4.93. The van der Waals surface area contributed by atoms with Crippen LogP contribution in [0, 0.1) is 11.8 Å². The van der Waals surface area contributed by atoms with Crippen molar-refractivity contribution in [3.63, 3.8) is 0 Å². The van der Waals surface area contributed by atoms with Crippen molar-refractivity contribution in [3.8, 4) is 0 Å². The molecule has 2 saturated heterocycles. The Morgan fingerprint density at radius 2 is 1.73 bits per heavy atom. The number of carboxylic acids is 1. The van der Waals surface area contributed by atoms with Gasteiger partial charge in [-0.15, -0.1) is 0 Å². The van der Waals surface area contributed by atoms with Crippen molar-refractivity contribution in [3.05, 3.63) is 35.9 Å². The van der Waals surface area contributed by atoms with E-state index in [1.807, 2.05) is 37.3 Å². The molecule has 2 aliphatic heterocycles. The van der Waals surface area contributed by atoms with Crippen LogP contribution in [-0.2, 0) is 30.4 Å². The zero-order valence-electron chi connectivity index (χ0n) is 24.0. The first-order valence-electron chi connectivity index (χ1n) is 14.9. The fourth-order valence-corrected chi connectivity index (χ4v) is 5.45. The third-order valence-corrected chi connectivity index (χ3v) is 7.85. The average molecular weight is 572 g/mol. The lowest BCUT2D eigenvalue weighted by atomic mass is 9.92. The van der Waals surface area contributed by atoms with Gasteiger partial charge in [-0.25, -0.2) is 0 Å². The molecular formula is C30H45N5O6. The Labute approximate surface area is 242 Å². The summed E-state index contributed by atoms with van der Waals surface area (Å²) < 4.78 is 0. The standard InChI is InChI=1S/C30H45N5O6/c1-2-14-32-29(40)24(18-22-7-4-3-5-8-22)34-30(41)25(19-27(37)38)33-28(39)23-9-6-17-35(20-23)26(36)11-10-21-12-15-31-16-13-21/h3-5,7-8,21,23-25,31H,2,6,9-20H2,1H3,(H,32,40)(H,33,39)(H,34,41)(H,37,38)/t23-,24+,25+/m1/s1. The number of carbonyl (C=O) groups is 5. The van der Waals surface area contributed by atoms with Crippen LogP contribution >= 0.6 is 0 Å². The first-order valence-corrected chi connectivity index (χ1v) is 14.9. The van der Waals surface area contributed by atoms with Gasteiger partial charge >= 0.3 is 5.97 Å². The van der Waals surface area contributed by atoms with Crippen molar-refractivity contribution < 1.29 is 29.1 Å². The lowest BCUT2D eigenvalue weighted by molar-refractivity contribution is -0.141. The molecule has 1 aromatic rings. The Morgan fingerprint density at radius 1 is 1.00 bits per heavy atom. The maximum Gasteiger partial charge on any atom is 0.305 e. The number of nitrogens with zero attached hydrogens (tertiary/aromatic N) is 1. The largest absolute Gasteiger partial charge is 0.481 e. The van der Waals surface area contributed by atoms with Gasteiger partial charge in [0, 0.05) is 32.5 Å². The van der Waals surface area contributed by atoms with Gasteiger partial charge in [0.2, 0.25) is 23.6 Å². The van der Waals surface area contributed by atoms with Crippen molar-refractivity contribution in [1.29, 1.82) is 0 Å². The number of benzene rings is 1. The zero-order valence-corrected chi connectivity index (χ0v) is 24.0. The predicted octanol–water partition coefficient (Wildman–Crippen LogP) is 1.22. The molecule has 0 bridgehead atoms. The minimum Gasteiger partial charge on any atom is -0.481 e. The van der Waals surface area contributed by atoms with Crippen molar-refractivity contribution >= 4 is 29.6 Å². The van der Waals surface area contributed by atoms with Crippen molar-refractivity contribution in [1.82, 2.24) is 26.2 Å². The number of hydrogen-bond acceptors (Lipinski definition) is 6. The summed E-state index contributed by atoms with van der Waals surface area (Å²) in [6.45, 7) is 5.14. The maximum atomic E-state index is 13.2. The van der Waals surface area contributed by atoms with Gasteiger partial charge in [0.25, 0.3) is 0 Å². The maximum absolute atomic E-state index is 13.2. The molecule has 226 valence electrons. The Hall–Kier alpha value is -3.47. The molecule has 0 saturated carbocycles. The number of aliphatic carboxylic acids is 1. The Kier molecular flexibility index (Phi) is 13.1. The predicted molar refractivity (Wildman–Crippen MR) is 154 cm³/mol. The van der Waals surface area contributed by atoms with E-state index in [2.05, 4.69) is 21.3 Å². The molecule has 3 rings (SSSR count). The highest BCUT2D eigenvalue weighted by Crippen LogP contribution is 2.22. The normalized spacial score (nSPS) is 19.0. The van der Waals surface area contributed by atoms with Gasteiger partial charge in [0.15, 0.2) is 0 Å². The lowest BCUT2D eigenvalue weighted by Gasteiger charge is -2.33. The molecule has 2 fully saturated rings. The van der Waals surface area contributed by atoms with E-state index in [9.17, 15) is 29.1 Å². The van der Waals surface area contributed by atoms with E-state index in [0.717, 1.165) is 37.9 Å². The molecular weight excluding hydrogens is 526 g/mol. The monoisotopic (exact) mass is 571 g/mol. The molecule has 2 aliphatic rings. The average Bonchev–Trinajstić information content (AvgIpc) is 2.98. The van der Waals surface area contributed by atoms with E-state index >= 15 is 0 Å². The number of hydrogen-bond donors (Lipinski definition) is 5. The van der Waals surface area contributed by atoms with E-state index in [1.165, 1.54) is 0 Å². The van der Waals surface area contributed by atoms with Crippen LogP contribution in [-0.4, -0.2) is 84.4 Å². The van der Waals surface area contributed by atoms with E-state index in [0.29, 0.717) is 44.7 Å². The summed E-state index contributed by atoms with van der Waals surface area (Å²) in [7, 11) is 0. The highest BCUT2D eigenvalue weighted by molar-refractivity contribution is 5.94. The van der Waals surface area contributed by atoms with Gasteiger partial charge in [0.1, 0.15) is 12.1 Å². The Bertz CT molecular complexity index is 1030. The molecule has 1 aromatic carbocycles. The van der Waals surface area contributed by atoms with Crippen molar-refractivity contribution in [2.45, 2.75) is 76.8 Å². The second-order valence-corrected chi connectivity index (χ2v) is 11.1. The van der Waals surface area contributed by atoms with E-state index in [1.54, 1.807) is 4.90 Å². The van der Waals surface area contributed by atoms with Gasteiger partial charge in [-0.3, -0.25) is 24.0 Å². The third kappa shape index (κ3) is 10.8. The molecule has 11 nitrogen and oxygen atoms in total. The minimum atomic E-state index is -1.36. The number of amides is 4. The molecule has 4 amide bonds. The van der Waals surface area contributed by atoms with Gasteiger partial charge < -0.3 is 31.3 Å². The van der Waals surface area contributed by atoms with Crippen LogP contribution in [0.4, 0.5) is 0 Å². The molecule has 0 spiro atoms. The van der Waals surface area contributed by atoms with Crippen molar-refractivity contribution in [2.75, 3.05) is 32.7 Å². The summed E-state index contributed by atoms with van der Waals surface area (Å²) >= 11 is 0. The van der Waals surface area contributed by atoms with Crippen LogP contribution in [0.2, 0.25) is 0 Å². The number of piperidine rings is 2. The molecule has 0 aliphatic carbocycles. The third-order valence-electron chi connectivity index (χ3n) is 7.85. The molecule has 0 unspecified atom stereocenters. The van der Waals surface area contributed by atoms with Crippen LogP contribution in [0.1, 0.15) is 63.9 Å². The quantitative estimate of drug-likeness (QED) is 0.225. The van der Waals surface area contributed by atoms with Crippen LogP contribution < -0.4 is 21.3 Å².